The van der Waals surface area contributed by atoms with Crippen LogP contribution in [0.2, 0.25) is 0 Å². The number of nitrogens with zero attached hydrogens (tertiary/aromatic N) is 3. The van der Waals surface area contributed by atoms with E-state index in [4.69, 9.17) is 4.74 Å². The van der Waals surface area contributed by atoms with E-state index in [1.54, 1.807) is 13.3 Å². The van der Waals surface area contributed by atoms with Crippen molar-refractivity contribution in [2.45, 2.75) is 51.0 Å². The number of aliphatic hydroxyl groups excluding tert-OH is 1. The number of rotatable bonds is 12. The summed E-state index contributed by atoms with van der Waals surface area (Å²) in [6.45, 7) is 1.92. The first-order chi connectivity index (χ1) is 19.5. The predicted octanol–water partition coefficient (Wildman–Crippen LogP) is 5.73. The Bertz CT molecular complexity index is 1380. The highest BCUT2D eigenvalue weighted by Gasteiger charge is 2.37. The maximum absolute atomic E-state index is 14.0. The first-order valence-electron chi connectivity index (χ1n) is 13.9. The molecule has 0 spiro atoms. The summed E-state index contributed by atoms with van der Waals surface area (Å²) in [6.07, 6.45) is 3.84. The molecule has 4 rings (SSSR count). The fourth-order valence-corrected chi connectivity index (χ4v) is 5.97. The van der Waals surface area contributed by atoms with Crippen LogP contribution in [0.5, 0.6) is 5.75 Å². The molecule has 0 radical (unpaired) electrons. The second-order valence-electron chi connectivity index (χ2n) is 11.3. The summed E-state index contributed by atoms with van der Waals surface area (Å²) in [7, 11) is 5.36. The van der Waals surface area contributed by atoms with Gasteiger partial charge in [0.1, 0.15) is 11.6 Å². The van der Waals surface area contributed by atoms with Crippen molar-refractivity contribution >= 4 is 22.6 Å². The number of pyridine rings is 1. The van der Waals surface area contributed by atoms with Gasteiger partial charge in [-0.15, -0.1) is 0 Å². The molecule has 0 amide bonds. The van der Waals surface area contributed by atoms with Gasteiger partial charge in [0, 0.05) is 31.1 Å². The van der Waals surface area contributed by atoms with Crippen molar-refractivity contribution in [2.24, 2.45) is 5.41 Å². The summed E-state index contributed by atoms with van der Waals surface area (Å²) in [4.78, 5) is 20.5. The molecule has 7 nitrogen and oxygen atoms in total. The molecule has 3 aromatic rings. The number of aliphatic carboxylic acids is 1. The van der Waals surface area contributed by atoms with E-state index in [9.17, 15) is 28.2 Å². The number of likely N-dealkylation sites (tertiary alicyclic amines) is 1. The topological polar surface area (TPSA) is 86.1 Å². The molecule has 2 heterocycles. The van der Waals surface area contributed by atoms with Crippen LogP contribution in [0.25, 0.3) is 10.9 Å². The first kappa shape index (κ1) is 30.6. The van der Waals surface area contributed by atoms with Crippen molar-refractivity contribution in [1.29, 1.82) is 0 Å². The number of fused-ring (bicyclic) bond motifs is 1. The van der Waals surface area contributed by atoms with Crippen molar-refractivity contribution in [1.82, 2.24) is 9.88 Å². The number of halogens is 3. The van der Waals surface area contributed by atoms with E-state index in [1.807, 2.05) is 37.2 Å². The molecule has 1 aromatic heterocycles. The highest BCUT2D eigenvalue weighted by Crippen LogP contribution is 2.43. The van der Waals surface area contributed by atoms with Gasteiger partial charge in [0.05, 0.1) is 37.0 Å². The number of hydrogen-bond donors (Lipinski definition) is 2. The number of benzene rings is 2. The van der Waals surface area contributed by atoms with E-state index < -0.39 is 34.9 Å². The minimum Gasteiger partial charge on any atom is -0.497 e. The molecule has 1 aliphatic heterocycles. The number of ether oxygens (including phenoxy) is 1. The normalized spacial score (nSPS) is 16.1. The lowest BCUT2D eigenvalue weighted by Gasteiger charge is -2.42. The summed E-state index contributed by atoms with van der Waals surface area (Å²) >= 11 is 0. The molecule has 222 valence electrons. The Kier molecular flexibility index (Phi) is 9.76. The van der Waals surface area contributed by atoms with Gasteiger partial charge in [-0.1, -0.05) is 0 Å². The molecule has 1 saturated heterocycles. The maximum Gasteiger partial charge on any atom is 0.303 e. The average molecular weight is 574 g/mol. The van der Waals surface area contributed by atoms with Gasteiger partial charge in [0.2, 0.25) is 0 Å². The number of methoxy groups -OCH3 is 1. The highest BCUT2D eigenvalue weighted by molar-refractivity contribution is 5.88. The van der Waals surface area contributed by atoms with Crippen LogP contribution in [0.1, 0.15) is 55.8 Å². The number of carboxylic acids is 1. The van der Waals surface area contributed by atoms with Crippen LogP contribution in [0.3, 0.4) is 0 Å². The molecular weight excluding hydrogens is 535 g/mol. The maximum atomic E-state index is 14.0. The predicted molar refractivity (Wildman–Crippen MR) is 152 cm³/mol. The molecule has 1 unspecified atom stereocenters. The van der Waals surface area contributed by atoms with E-state index in [2.05, 4.69) is 9.88 Å². The second kappa shape index (κ2) is 13.1. The van der Waals surface area contributed by atoms with Gasteiger partial charge in [0.25, 0.3) is 0 Å². The fourth-order valence-electron chi connectivity index (χ4n) is 5.97. The number of hydrogen-bond acceptors (Lipinski definition) is 6. The molecular formula is C31H38F3N3O4. The minimum absolute atomic E-state index is 0.00674. The molecule has 0 bridgehead atoms. The molecule has 0 saturated carbocycles. The SMILES string of the molecule is COc1ccc2ncc(N(C)C)c(C(O)CCC3(CC(=O)O)CCN(CCCc4cc(F)cc(F)c4F)CC3)c2c1. The van der Waals surface area contributed by atoms with Gasteiger partial charge in [0.15, 0.2) is 11.6 Å². The third-order valence-corrected chi connectivity index (χ3v) is 8.29. The van der Waals surface area contributed by atoms with E-state index in [-0.39, 0.29) is 18.4 Å². The molecule has 1 aliphatic rings. The smallest absolute Gasteiger partial charge is 0.303 e. The van der Waals surface area contributed by atoms with Crippen LogP contribution in [0, 0.1) is 22.9 Å². The molecule has 41 heavy (non-hydrogen) atoms. The zero-order valence-electron chi connectivity index (χ0n) is 23.8. The summed E-state index contributed by atoms with van der Waals surface area (Å²) in [6, 6.07) is 7.11. The largest absolute Gasteiger partial charge is 0.497 e. The molecule has 1 fully saturated rings. The van der Waals surface area contributed by atoms with E-state index in [0.717, 1.165) is 28.2 Å². The van der Waals surface area contributed by atoms with Crippen LogP contribution in [0.15, 0.2) is 36.5 Å². The lowest BCUT2D eigenvalue weighted by Crippen LogP contribution is -2.41. The van der Waals surface area contributed by atoms with Crippen LogP contribution in [0.4, 0.5) is 18.9 Å². The quantitative estimate of drug-likeness (QED) is 0.268. The Labute approximate surface area is 238 Å². The van der Waals surface area contributed by atoms with Gasteiger partial charge in [-0.05, 0) is 93.4 Å². The number of aryl methyl sites for hydroxylation is 1. The summed E-state index contributed by atoms with van der Waals surface area (Å²) in [5.41, 5.74) is 1.81. The third-order valence-electron chi connectivity index (χ3n) is 8.29. The summed E-state index contributed by atoms with van der Waals surface area (Å²) in [5.74, 6) is -3.21. The van der Waals surface area contributed by atoms with Crippen LogP contribution in [-0.2, 0) is 11.2 Å². The summed E-state index contributed by atoms with van der Waals surface area (Å²) in [5, 5.41) is 22.0. The molecule has 0 aliphatic carbocycles. The Hall–Kier alpha value is -3.37. The van der Waals surface area contributed by atoms with Crippen LogP contribution >= 0.6 is 0 Å². The number of carboxylic acid groups (broad SMARTS) is 1. The summed E-state index contributed by atoms with van der Waals surface area (Å²) < 4.78 is 46.4. The molecule has 10 heteroatoms. The van der Waals surface area contributed by atoms with E-state index in [0.29, 0.717) is 63.6 Å². The van der Waals surface area contributed by atoms with Gasteiger partial charge >= 0.3 is 5.97 Å². The van der Waals surface area contributed by atoms with Crippen molar-refractivity contribution in [3.05, 3.63) is 65.1 Å². The Morgan fingerprint density at radius 1 is 1.17 bits per heavy atom. The molecule has 2 aromatic carbocycles. The van der Waals surface area contributed by atoms with E-state index in [1.165, 1.54) is 0 Å². The average Bonchev–Trinajstić information content (AvgIpc) is 2.94. The number of carbonyl (C=O) groups is 1. The molecule has 1 atom stereocenters. The minimum atomic E-state index is -1.18. The van der Waals surface area contributed by atoms with Crippen molar-refractivity contribution in [2.75, 3.05) is 45.7 Å². The van der Waals surface area contributed by atoms with Gasteiger partial charge in [-0.25, -0.2) is 13.2 Å². The lowest BCUT2D eigenvalue weighted by molar-refractivity contribution is -0.141. The number of anilines is 1. The number of aliphatic hydroxyl groups is 1. The number of piperidine rings is 1. The van der Waals surface area contributed by atoms with Gasteiger partial charge in [-0.2, -0.15) is 0 Å². The Morgan fingerprint density at radius 2 is 1.90 bits per heavy atom. The number of aromatic nitrogens is 1. The zero-order valence-corrected chi connectivity index (χ0v) is 23.8. The highest BCUT2D eigenvalue weighted by atomic mass is 19.2. The monoisotopic (exact) mass is 573 g/mol. The lowest BCUT2D eigenvalue weighted by atomic mass is 9.71. The Morgan fingerprint density at radius 3 is 2.56 bits per heavy atom. The third kappa shape index (κ3) is 7.29. The van der Waals surface area contributed by atoms with Crippen LogP contribution < -0.4 is 9.64 Å². The first-order valence-corrected chi connectivity index (χ1v) is 13.9. The fraction of sp³-hybridized carbons (Fsp3) is 0.484. The van der Waals surface area contributed by atoms with Crippen molar-refractivity contribution in [3.63, 3.8) is 0 Å². The molecule has 2 N–H and O–H groups in total. The van der Waals surface area contributed by atoms with Gasteiger partial charge in [-0.3, -0.25) is 9.78 Å². The second-order valence-corrected chi connectivity index (χ2v) is 11.3. The zero-order chi connectivity index (χ0) is 29.7. The van der Waals surface area contributed by atoms with Crippen molar-refractivity contribution in [3.8, 4) is 5.75 Å². The van der Waals surface area contributed by atoms with Crippen LogP contribution in [-0.4, -0.2) is 66.9 Å². The Balaban J connectivity index is 1.43. The van der Waals surface area contributed by atoms with E-state index >= 15 is 0 Å². The van der Waals surface area contributed by atoms with Crippen molar-refractivity contribution < 1.29 is 32.9 Å². The van der Waals surface area contributed by atoms with Gasteiger partial charge < -0.3 is 24.7 Å². The standard InChI is InChI=1S/C31H38F3N3O4/c1-36(2)26-19-35-25-7-6-22(41-3)17-23(25)29(26)27(38)8-9-31(18-28(39)40)10-13-37(14-11-31)12-4-5-20-15-21(32)16-24(33)30(20)34/h6-7,15-17,19,27,38H,4-5,8-14,18H2,1-3H3,(H,39,40).